The Morgan fingerprint density at radius 2 is 1.84 bits per heavy atom. The zero-order valence-electron chi connectivity index (χ0n) is 11.8. The van der Waals surface area contributed by atoms with Gasteiger partial charge in [-0.25, -0.2) is 0 Å². The Morgan fingerprint density at radius 3 is 2.42 bits per heavy atom. The quantitative estimate of drug-likeness (QED) is 0.854. The Bertz CT molecular complexity index is 408. The van der Waals surface area contributed by atoms with Crippen molar-refractivity contribution in [1.29, 1.82) is 0 Å². The summed E-state index contributed by atoms with van der Waals surface area (Å²) in [6.45, 7) is 6.56. The Labute approximate surface area is 115 Å². The molecule has 1 aliphatic rings. The molecule has 104 valence electrons. The molecule has 1 aliphatic heterocycles. The first-order valence-electron chi connectivity index (χ1n) is 7.03. The van der Waals surface area contributed by atoms with Gasteiger partial charge < -0.3 is 15.5 Å². The predicted molar refractivity (Wildman–Crippen MR) is 79.7 cm³/mol. The van der Waals surface area contributed by atoms with E-state index >= 15 is 0 Å². The Hall–Kier alpha value is -1.71. The van der Waals surface area contributed by atoms with Crippen LogP contribution in [0.3, 0.4) is 0 Å². The van der Waals surface area contributed by atoms with Crippen molar-refractivity contribution in [3.8, 4) is 0 Å². The van der Waals surface area contributed by atoms with Gasteiger partial charge in [0.1, 0.15) is 0 Å². The molecule has 0 saturated carbocycles. The highest BCUT2D eigenvalue weighted by atomic mass is 16.1. The summed E-state index contributed by atoms with van der Waals surface area (Å²) in [5, 5.41) is 6.00. The molecule has 0 spiro atoms. The van der Waals surface area contributed by atoms with Crippen molar-refractivity contribution in [3.63, 3.8) is 0 Å². The minimum Gasteiger partial charge on any atom is -0.376 e. The second kappa shape index (κ2) is 6.45. The molecule has 4 nitrogen and oxygen atoms in total. The number of rotatable bonds is 5. The van der Waals surface area contributed by atoms with Crippen LogP contribution in [-0.4, -0.2) is 31.6 Å². The molecule has 19 heavy (non-hydrogen) atoms. The number of hydrogen-bond acceptors (Lipinski definition) is 3. The molecule has 0 bridgehead atoms. The second-order valence-corrected chi connectivity index (χ2v) is 5.32. The lowest BCUT2D eigenvalue weighted by Gasteiger charge is -2.18. The largest absolute Gasteiger partial charge is 0.376 e. The minimum absolute atomic E-state index is 0.0265. The highest BCUT2D eigenvalue weighted by Gasteiger charge is 2.11. The molecule has 1 heterocycles. The molecule has 1 saturated heterocycles. The van der Waals surface area contributed by atoms with E-state index in [0.717, 1.165) is 18.8 Å². The molecular weight excluding hydrogens is 238 g/mol. The lowest BCUT2D eigenvalue weighted by molar-refractivity contribution is -0.119. The fourth-order valence-electron chi connectivity index (χ4n) is 2.32. The van der Waals surface area contributed by atoms with Crippen LogP contribution < -0.4 is 15.5 Å². The Morgan fingerprint density at radius 1 is 1.21 bits per heavy atom. The van der Waals surface area contributed by atoms with Crippen LogP contribution in [0.4, 0.5) is 11.4 Å². The topological polar surface area (TPSA) is 44.4 Å². The normalized spacial score (nSPS) is 14.8. The average molecular weight is 261 g/mol. The molecule has 2 rings (SSSR count). The maximum atomic E-state index is 11.5. The molecule has 0 radical (unpaired) electrons. The first-order valence-corrected chi connectivity index (χ1v) is 7.03. The monoisotopic (exact) mass is 261 g/mol. The molecule has 1 aromatic rings. The molecule has 0 aromatic heterocycles. The highest BCUT2D eigenvalue weighted by molar-refractivity contribution is 5.81. The van der Waals surface area contributed by atoms with Gasteiger partial charge in [-0.15, -0.1) is 0 Å². The summed E-state index contributed by atoms with van der Waals surface area (Å²) in [6.07, 6.45) is 2.57. The summed E-state index contributed by atoms with van der Waals surface area (Å²) in [5.41, 5.74) is 2.26. The second-order valence-electron chi connectivity index (χ2n) is 5.32. The van der Waals surface area contributed by atoms with Gasteiger partial charge in [0.15, 0.2) is 0 Å². The number of carbonyl (C=O) groups is 1. The number of carbonyl (C=O) groups excluding carboxylic acids is 1. The number of benzene rings is 1. The number of anilines is 2. The Kier molecular flexibility index (Phi) is 4.66. The fraction of sp³-hybridized carbons (Fsp3) is 0.533. The molecule has 1 fully saturated rings. The third-order valence-corrected chi connectivity index (χ3v) is 3.24. The Balaban J connectivity index is 1.83. The molecule has 0 atom stereocenters. The molecule has 0 unspecified atom stereocenters. The van der Waals surface area contributed by atoms with Crippen molar-refractivity contribution in [2.75, 3.05) is 29.9 Å². The van der Waals surface area contributed by atoms with Crippen LogP contribution >= 0.6 is 0 Å². The van der Waals surface area contributed by atoms with Gasteiger partial charge in [-0.3, -0.25) is 4.79 Å². The van der Waals surface area contributed by atoms with E-state index in [1.54, 1.807) is 0 Å². The van der Waals surface area contributed by atoms with Gasteiger partial charge >= 0.3 is 0 Å². The molecule has 0 aliphatic carbocycles. The van der Waals surface area contributed by atoms with Crippen LogP contribution in [0, 0.1) is 0 Å². The lowest BCUT2D eigenvalue weighted by Crippen LogP contribution is -2.34. The van der Waals surface area contributed by atoms with E-state index in [4.69, 9.17) is 0 Å². The summed E-state index contributed by atoms with van der Waals surface area (Å²) >= 11 is 0. The summed E-state index contributed by atoms with van der Waals surface area (Å²) in [4.78, 5) is 13.9. The standard InChI is InChI=1S/C15H23N3O/c1-12(2)17-15(19)11-16-13-5-7-14(8-6-13)18-9-3-4-10-18/h5-8,12,16H,3-4,9-11H2,1-2H3,(H,17,19). The summed E-state index contributed by atoms with van der Waals surface area (Å²) in [7, 11) is 0. The van der Waals surface area contributed by atoms with Gasteiger partial charge in [0.25, 0.3) is 0 Å². The molecule has 4 heteroatoms. The van der Waals surface area contributed by atoms with Gasteiger partial charge in [-0.1, -0.05) is 0 Å². The zero-order chi connectivity index (χ0) is 13.7. The lowest BCUT2D eigenvalue weighted by atomic mass is 10.2. The number of amides is 1. The third kappa shape index (κ3) is 4.16. The van der Waals surface area contributed by atoms with E-state index in [0.29, 0.717) is 6.54 Å². The number of nitrogens with one attached hydrogen (secondary N) is 2. The predicted octanol–water partition coefficient (Wildman–Crippen LogP) is 2.22. The summed E-state index contributed by atoms with van der Waals surface area (Å²) in [6, 6.07) is 8.50. The van der Waals surface area contributed by atoms with E-state index < -0.39 is 0 Å². The maximum absolute atomic E-state index is 11.5. The van der Waals surface area contributed by atoms with Crippen molar-refractivity contribution in [2.45, 2.75) is 32.7 Å². The van der Waals surface area contributed by atoms with E-state index in [-0.39, 0.29) is 11.9 Å². The molecular formula is C15H23N3O. The average Bonchev–Trinajstić information content (AvgIpc) is 2.90. The van der Waals surface area contributed by atoms with Crippen molar-refractivity contribution < 1.29 is 4.79 Å². The van der Waals surface area contributed by atoms with Crippen molar-refractivity contribution in [2.24, 2.45) is 0 Å². The van der Waals surface area contributed by atoms with Gasteiger partial charge in [-0.05, 0) is 51.0 Å². The van der Waals surface area contributed by atoms with E-state index in [1.165, 1.54) is 18.5 Å². The summed E-state index contributed by atoms with van der Waals surface area (Å²) in [5.74, 6) is 0.0265. The van der Waals surface area contributed by atoms with Crippen LogP contribution in [-0.2, 0) is 4.79 Å². The van der Waals surface area contributed by atoms with Crippen LogP contribution in [0.15, 0.2) is 24.3 Å². The summed E-state index contributed by atoms with van der Waals surface area (Å²) < 4.78 is 0. The highest BCUT2D eigenvalue weighted by Crippen LogP contribution is 2.21. The number of nitrogens with zero attached hydrogens (tertiary/aromatic N) is 1. The maximum Gasteiger partial charge on any atom is 0.239 e. The van der Waals surface area contributed by atoms with Gasteiger partial charge in [0, 0.05) is 30.5 Å². The first kappa shape index (κ1) is 13.7. The van der Waals surface area contributed by atoms with E-state index in [1.807, 2.05) is 26.0 Å². The van der Waals surface area contributed by atoms with E-state index in [2.05, 4.69) is 27.7 Å². The van der Waals surface area contributed by atoms with Crippen LogP contribution in [0.2, 0.25) is 0 Å². The van der Waals surface area contributed by atoms with Gasteiger partial charge in [-0.2, -0.15) is 0 Å². The minimum atomic E-state index is 0.0265. The van der Waals surface area contributed by atoms with Crippen LogP contribution in [0.1, 0.15) is 26.7 Å². The molecule has 1 amide bonds. The van der Waals surface area contributed by atoms with Crippen molar-refractivity contribution in [3.05, 3.63) is 24.3 Å². The van der Waals surface area contributed by atoms with Gasteiger partial charge in [0.2, 0.25) is 5.91 Å². The van der Waals surface area contributed by atoms with Crippen molar-refractivity contribution >= 4 is 17.3 Å². The van der Waals surface area contributed by atoms with Crippen molar-refractivity contribution in [1.82, 2.24) is 5.32 Å². The number of hydrogen-bond donors (Lipinski definition) is 2. The SMILES string of the molecule is CC(C)NC(=O)CNc1ccc(N2CCCC2)cc1. The van der Waals surface area contributed by atoms with Gasteiger partial charge in [0.05, 0.1) is 6.54 Å². The molecule has 1 aromatic carbocycles. The van der Waals surface area contributed by atoms with Crippen LogP contribution in [0.5, 0.6) is 0 Å². The van der Waals surface area contributed by atoms with Crippen LogP contribution in [0.25, 0.3) is 0 Å². The molecule has 2 N–H and O–H groups in total. The fourth-order valence-corrected chi connectivity index (χ4v) is 2.32. The zero-order valence-corrected chi connectivity index (χ0v) is 11.8. The first-order chi connectivity index (χ1) is 9.15. The third-order valence-electron chi connectivity index (χ3n) is 3.24. The smallest absolute Gasteiger partial charge is 0.239 e. The van der Waals surface area contributed by atoms with E-state index in [9.17, 15) is 4.79 Å².